The van der Waals surface area contributed by atoms with Crippen LogP contribution in [-0.4, -0.2) is 153 Å². The Morgan fingerprint density at radius 1 is 0.387 bits per heavy atom. The molecular formula is C93H121N9O4. The second-order valence-electron chi connectivity index (χ2n) is 30.9. The lowest BCUT2D eigenvalue weighted by molar-refractivity contribution is 0.101. The van der Waals surface area contributed by atoms with Crippen LogP contribution < -0.4 is 4.90 Å². The number of rotatable bonds is 28. The lowest BCUT2D eigenvalue weighted by Crippen LogP contribution is -2.46. The predicted molar refractivity (Wildman–Crippen MR) is 443 cm³/mol. The van der Waals surface area contributed by atoms with Crippen LogP contribution in [0.25, 0.3) is 43.6 Å². The summed E-state index contributed by atoms with van der Waals surface area (Å²) in [6, 6.07) is 54.6. The third-order valence-electron chi connectivity index (χ3n) is 22.9. The van der Waals surface area contributed by atoms with Crippen molar-refractivity contribution in [3.05, 3.63) is 222 Å². The standard InChI is InChI=1S/C24H28N2O.C23H27N3O.C23H34N2O.C23H32N2O/c1-19(27)23-18-26(24-11-6-5-10-22(23)24)15-7-14-25-16-12-21(13-17-25)20-8-3-2-4-9-20;1-19(27)22-18-26(23-11-6-5-10-21(22)23)13-7-12-24-14-16-25(17-15-24)20-8-3-2-4-9-20;1-18(2)9-10-20-11-15-24(16-12-20)13-6-14-25-17-22(19(3)26)21-7-4-5-8-23(21)25;1-3-4-5-9-20-12-16-24(17-13-20)14-8-15-25-18-22(19(2)26)21-10-6-7-11-23(21)25/h2-6,8-11,18,21H,7,12-17H2,1H3;2-6,8-11,18H,7,12-17H2,1H3;4-5,7-8,17-18,20H,6,9-16H2,1-3H3;6-7,9-11,18H,3-5,8,12-17H2,1-2H3. The molecule has 4 aliphatic rings. The summed E-state index contributed by atoms with van der Waals surface area (Å²) in [7, 11) is 0. The first-order chi connectivity index (χ1) is 51.7. The Labute approximate surface area is 633 Å². The van der Waals surface area contributed by atoms with Crippen LogP contribution >= 0.6 is 0 Å². The van der Waals surface area contributed by atoms with Gasteiger partial charge in [0.2, 0.25) is 0 Å². The Hall–Kier alpha value is -8.46. The largest absolute Gasteiger partial charge is 0.369 e. The molecule has 0 aliphatic carbocycles. The highest BCUT2D eigenvalue weighted by Gasteiger charge is 2.24. The molecule has 0 amide bonds. The number of allylic oxidation sites excluding steroid dienone is 1. The van der Waals surface area contributed by atoms with Gasteiger partial charge in [0.25, 0.3) is 0 Å². The van der Waals surface area contributed by atoms with E-state index in [1.54, 1.807) is 33.3 Å². The monoisotopic (exact) mass is 1430 g/mol. The third-order valence-corrected chi connectivity index (χ3v) is 22.9. The van der Waals surface area contributed by atoms with Gasteiger partial charge in [0.1, 0.15) is 0 Å². The number of nitrogens with zero attached hydrogens (tertiary/aromatic N) is 9. The quantitative estimate of drug-likeness (QED) is 0.0269. The van der Waals surface area contributed by atoms with Crippen molar-refractivity contribution >= 4 is 72.4 Å². The Balaban J connectivity index is 0.000000141. The molecule has 13 nitrogen and oxygen atoms in total. The summed E-state index contributed by atoms with van der Waals surface area (Å²) in [5, 5.41) is 4.32. The Bertz CT molecular complexity index is 4270. The van der Waals surface area contributed by atoms with Gasteiger partial charge in [-0.3, -0.25) is 24.1 Å². The van der Waals surface area contributed by atoms with Crippen molar-refractivity contribution in [1.82, 2.24) is 37.9 Å². The number of ketones is 4. The number of carbonyl (C=O) groups is 4. The Morgan fingerprint density at radius 3 is 1.09 bits per heavy atom. The minimum atomic E-state index is 0.141. The first kappa shape index (κ1) is 78.6. The van der Waals surface area contributed by atoms with Crippen LogP contribution in [0.15, 0.2) is 194 Å². The zero-order valence-corrected chi connectivity index (χ0v) is 65.1. The molecule has 0 N–H and O–H groups in total. The molecule has 562 valence electrons. The number of anilines is 1. The number of hydrogen-bond acceptors (Lipinski definition) is 9. The molecule has 0 bridgehead atoms. The minimum absolute atomic E-state index is 0.141. The van der Waals surface area contributed by atoms with Crippen LogP contribution in [-0.2, 0) is 26.2 Å². The predicted octanol–water partition coefficient (Wildman–Crippen LogP) is 20.0. The number of fused-ring (bicyclic) bond motifs is 4. The van der Waals surface area contributed by atoms with Crippen LogP contribution in [0.3, 0.4) is 0 Å². The molecule has 0 saturated carbocycles. The van der Waals surface area contributed by atoms with Gasteiger partial charge in [0.15, 0.2) is 23.1 Å². The second-order valence-corrected chi connectivity index (χ2v) is 30.9. The van der Waals surface area contributed by atoms with E-state index in [2.05, 4.69) is 191 Å². The van der Waals surface area contributed by atoms with Gasteiger partial charge in [0, 0.05) is 162 Å². The summed E-state index contributed by atoms with van der Waals surface area (Å²) in [4.78, 5) is 60.5. The summed E-state index contributed by atoms with van der Waals surface area (Å²) in [6.45, 7) is 33.6. The highest BCUT2D eigenvalue weighted by atomic mass is 16.1. The van der Waals surface area contributed by atoms with Crippen molar-refractivity contribution < 1.29 is 19.2 Å². The van der Waals surface area contributed by atoms with Crippen LogP contribution in [0.4, 0.5) is 5.69 Å². The second kappa shape index (κ2) is 39.9. The number of unbranched alkanes of at least 4 members (excludes halogenated alkanes) is 2. The summed E-state index contributed by atoms with van der Waals surface area (Å²) in [6.07, 6.45) is 29.5. The van der Waals surface area contributed by atoms with Gasteiger partial charge in [-0.1, -0.05) is 179 Å². The van der Waals surface area contributed by atoms with E-state index in [9.17, 15) is 19.2 Å². The van der Waals surface area contributed by atoms with E-state index in [0.29, 0.717) is 5.92 Å². The first-order valence-electron chi connectivity index (χ1n) is 40.4. The van der Waals surface area contributed by atoms with Crippen LogP contribution in [0.2, 0.25) is 0 Å². The number of likely N-dealkylation sites (tertiary alicyclic amines) is 3. The highest BCUT2D eigenvalue weighted by molar-refractivity contribution is 6.09. The van der Waals surface area contributed by atoms with E-state index in [1.165, 1.54) is 144 Å². The van der Waals surface area contributed by atoms with Gasteiger partial charge >= 0.3 is 0 Å². The number of Topliss-reactive ketones (excluding diaryl/α,β-unsaturated/α-hetero) is 4. The molecular weight excluding hydrogens is 1310 g/mol. The number of carbonyl (C=O) groups excluding carboxylic acids is 4. The number of hydrogen-bond donors (Lipinski definition) is 0. The topological polar surface area (TPSA) is 104 Å². The maximum absolute atomic E-state index is 11.9. The van der Waals surface area contributed by atoms with Crippen molar-refractivity contribution in [3.63, 3.8) is 0 Å². The number of piperazine rings is 1. The van der Waals surface area contributed by atoms with Gasteiger partial charge in [-0.15, -0.1) is 0 Å². The molecule has 8 heterocycles. The van der Waals surface area contributed by atoms with Crippen LogP contribution in [0.5, 0.6) is 0 Å². The molecule has 13 heteroatoms. The van der Waals surface area contributed by atoms with Crippen molar-refractivity contribution in [2.75, 3.05) is 96.5 Å². The van der Waals surface area contributed by atoms with E-state index in [-0.39, 0.29) is 23.1 Å². The Kier molecular flexibility index (Phi) is 29.6. The van der Waals surface area contributed by atoms with E-state index in [1.807, 2.05) is 61.2 Å². The maximum atomic E-state index is 11.9. The third kappa shape index (κ3) is 21.9. The van der Waals surface area contributed by atoms with Gasteiger partial charge in [-0.25, -0.2) is 0 Å². The van der Waals surface area contributed by atoms with Crippen LogP contribution in [0, 0.1) is 11.8 Å². The highest BCUT2D eigenvalue weighted by Crippen LogP contribution is 2.31. The Morgan fingerprint density at radius 2 is 0.726 bits per heavy atom. The SMILES string of the molecule is CC(=O)c1cn(CCCN2CCC(CCC(C)C)CC2)c2ccccc12.CC(=O)c1cn(CCCN2CCC(c3ccccc3)CC2)c2ccccc12.CC(=O)c1cn(CCCN2CCN(c3ccccc3)CC2)c2ccccc12.CCCCC=C1CCN(CCCn2cc(C(C)=O)c3ccccc32)CC1. The van der Waals surface area contributed by atoms with Gasteiger partial charge in [-0.05, 0) is 210 Å². The lowest BCUT2D eigenvalue weighted by atomic mass is 9.89. The summed E-state index contributed by atoms with van der Waals surface area (Å²) in [5.74, 6) is 3.09. The van der Waals surface area contributed by atoms with Gasteiger partial charge in [0.05, 0.1) is 0 Å². The van der Waals surface area contributed by atoms with E-state index >= 15 is 0 Å². The number of aromatic nitrogens is 4. The molecule has 4 aliphatic heterocycles. The van der Waals surface area contributed by atoms with E-state index < -0.39 is 0 Å². The molecule has 106 heavy (non-hydrogen) atoms. The van der Waals surface area contributed by atoms with Gasteiger partial charge in [-0.2, -0.15) is 0 Å². The van der Waals surface area contributed by atoms with Crippen molar-refractivity contribution in [1.29, 1.82) is 0 Å². The van der Waals surface area contributed by atoms with Crippen molar-refractivity contribution in [2.45, 2.75) is 177 Å². The summed E-state index contributed by atoms with van der Waals surface area (Å²) < 4.78 is 9.02. The zero-order valence-electron chi connectivity index (χ0n) is 65.1. The molecule has 0 spiro atoms. The maximum Gasteiger partial charge on any atom is 0.161 e. The van der Waals surface area contributed by atoms with Crippen LogP contribution in [0.1, 0.15) is 198 Å². The number of aryl methyl sites for hydroxylation is 4. The average molecular weight is 1430 g/mol. The smallest absolute Gasteiger partial charge is 0.161 e. The first-order valence-corrected chi connectivity index (χ1v) is 40.4. The van der Waals surface area contributed by atoms with Crippen molar-refractivity contribution in [2.24, 2.45) is 11.8 Å². The van der Waals surface area contributed by atoms with E-state index in [0.717, 1.165) is 159 Å². The number of benzene rings is 6. The molecule has 10 aromatic rings. The fourth-order valence-electron chi connectivity index (χ4n) is 16.6. The van der Waals surface area contributed by atoms with Gasteiger partial charge < -0.3 is 37.9 Å². The van der Waals surface area contributed by atoms with E-state index in [4.69, 9.17) is 0 Å². The summed E-state index contributed by atoms with van der Waals surface area (Å²) in [5.41, 5.74) is 12.6. The summed E-state index contributed by atoms with van der Waals surface area (Å²) >= 11 is 0. The lowest BCUT2D eigenvalue weighted by Gasteiger charge is -2.36. The molecule has 0 unspecified atom stereocenters. The molecule has 0 atom stereocenters. The van der Waals surface area contributed by atoms with Crippen molar-refractivity contribution in [3.8, 4) is 0 Å². The normalized spacial score (nSPS) is 15.9. The molecule has 6 aromatic carbocycles. The zero-order chi connectivity index (χ0) is 74.2. The molecule has 14 rings (SSSR count). The molecule has 4 saturated heterocycles. The molecule has 4 fully saturated rings. The number of para-hydroxylation sites is 5. The molecule has 4 aromatic heterocycles. The minimum Gasteiger partial charge on any atom is -0.369 e. The molecule has 0 radical (unpaired) electrons. The average Bonchev–Trinajstić information content (AvgIpc) is 1.67. The fourth-order valence-corrected chi connectivity index (χ4v) is 16.6. The number of piperidine rings is 3. The fraction of sp³-hybridized carbons (Fsp3) is 0.462.